The molecule has 1 heterocycles. The largest absolute Gasteiger partial charge is 0.480 e. The van der Waals surface area contributed by atoms with Crippen molar-refractivity contribution in [3.63, 3.8) is 0 Å². The first-order valence-corrected chi connectivity index (χ1v) is 9.95. The van der Waals surface area contributed by atoms with Crippen LogP contribution in [0, 0.1) is 0 Å². The van der Waals surface area contributed by atoms with E-state index in [-0.39, 0.29) is 13.2 Å². The number of amides is 2. The Kier molecular flexibility index (Phi) is 6.48. The normalized spacial score (nSPS) is 18.5. The smallest absolute Gasteiger partial charge is 0.430 e. The molecule has 1 saturated heterocycles. The van der Waals surface area contributed by atoms with Crippen LogP contribution in [0.25, 0.3) is 0 Å². The lowest BCUT2D eigenvalue weighted by molar-refractivity contribution is -0.145. The number of ether oxygens (including phenoxy) is 2. The van der Waals surface area contributed by atoms with Gasteiger partial charge in [-0.15, -0.1) is 0 Å². The van der Waals surface area contributed by atoms with Gasteiger partial charge in [0.05, 0.1) is 6.54 Å². The molecule has 0 spiro atoms. The summed E-state index contributed by atoms with van der Waals surface area (Å²) < 4.78 is 10.8. The number of carbonyl (C=O) groups is 3. The van der Waals surface area contributed by atoms with Gasteiger partial charge in [0.1, 0.15) is 12.2 Å². The molecule has 31 heavy (non-hydrogen) atoms. The van der Waals surface area contributed by atoms with Crippen LogP contribution >= 0.6 is 0 Å². The Morgan fingerprint density at radius 1 is 0.968 bits per heavy atom. The van der Waals surface area contributed by atoms with Crippen molar-refractivity contribution in [3.05, 3.63) is 71.8 Å². The number of hydrogen-bond donors (Lipinski definition) is 1. The van der Waals surface area contributed by atoms with Gasteiger partial charge in [-0.05, 0) is 31.9 Å². The topological polar surface area (TPSA) is 96.4 Å². The zero-order valence-electron chi connectivity index (χ0n) is 17.7. The monoisotopic (exact) mass is 426 g/mol. The highest BCUT2D eigenvalue weighted by atomic mass is 16.6. The van der Waals surface area contributed by atoms with E-state index < -0.39 is 35.7 Å². The SMILES string of the molecule is CC(C)(C)OC(=O)N1C[C@H](c2ccccc2)C(C(=O)O)N1C(=O)OCc1ccccc1. The molecule has 2 atom stereocenters. The Morgan fingerprint density at radius 2 is 1.55 bits per heavy atom. The van der Waals surface area contributed by atoms with Gasteiger partial charge in [0.2, 0.25) is 0 Å². The number of rotatable bonds is 4. The van der Waals surface area contributed by atoms with Crippen LogP contribution in [0.2, 0.25) is 0 Å². The quantitative estimate of drug-likeness (QED) is 0.793. The van der Waals surface area contributed by atoms with Crippen LogP contribution < -0.4 is 0 Å². The third-order valence-electron chi connectivity index (χ3n) is 4.75. The van der Waals surface area contributed by atoms with Crippen molar-refractivity contribution in [2.75, 3.05) is 6.54 Å². The van der Waals surface area contributed by atoms with Crippen LogP contribution in [-0.4, -0.2) is 51.5 Å². The molecule has 0 aromatic heterocycles. The van der Waals surface area contributed by atoms with Crippen LogP contribution in [0.3, 0.4) is 0 Å². The molecule has 1 fully saturated rings. The van der Waals surface area contributed by atoms with E-state index in [0.29, 0.717) is 5.56 Å². The Morgan fingerprint density at radius 3 is 2.10 bits per heavy atom. The number of benzene rings is 2. The van der Waals surface area contributed by atoms with Gasteiger partial charge in [0, 0.05) is 5.92 Å². The first-order valence-electron chi connectivity index (χ1n) is 9.95. The van der Waals surface area contributed by atoms with Crippen molar-refractivity contribution in [2.24, 2.45) is 0 Å². The molecule has 1 aliphatic rings. The molecule has 2 aromatic rings. The second kappa shape index (κ2) is 9.07. The molecule has 0 saturated carbocycles. The highest BCUT2D eigenvalue weighted by Gasteiger charge is 2.51. The predicted molar refractivity (Wildman–Crippen MR) is 112 cm³/mol. The lowest BCUT2D eigenvalue weighted by Crippen LogP contribution is -2.52. The standard InChI is InChI=1S/C23H26N2O6/c1-23(2,3)31-21(28)24-14-18(17-12-8-5-9-13-17)19(20(26)27)25(24)22(29)30-15-16-10-6-4-7-11-16/h4-13,18-19H,14-15H2,1-3H3,(H,26,27)/t18-,19?/m1/s1. The first kappa shape index (κ1) is 22.1. The molecule has 1 aliphatic heterocycles. The van der Waals surface area contributed by atoms with E-state index in [4.69, 9.17) is 9.47 Å². The van der Waals surface area contributed by atoms with Crippen molar-refractivity contribution >= 4 is 18.2 Å². The van der Waals surface area contributed by atoms with Crippen LogP contribution in [0.15, 0.2) is 60.7 Å². The van der Waals surface area contributed by atoms with Gasteiger partial charge in [0.25, 0.3) is 0 Å². The van der Waals surface area contributed by atoms with E-state index in [1.165, 1.54) is 0 Å². The fourth-order valence-corrected chi connectivity index (χ4v) is 3.43. The van der Waals surface area contributed by atoms with Crippen molar-refractivity contribution in [2.45, 2.75) is 44.9 Å². The molecule has 8 nitrogen and oxygen atoms in total. The second-order valence-corrected chi connectivity index (χ2v) is 8.25. The number of carboxylic acids is 1. The molecular formula is C23H26N2O6. The maximum Gasteiger partial charge on any atom is 0.430 e. The van der Waals surface area contributed by atoms with Gasteiger partial charge in [-0.2, -0.15) is 5.01 Å². The van der Waals surface area contributed by atoms with Gasteiger partial charge < -0.3 is 14.6 Å². The minimum Gasteiger partial charge on any atom is -0.480 e. The Bertz CT molecular complexity index is 926. The van der Waals surface area contributed by atoms with Gasteiger partial charge in [-0.3, -0.25) is 0 Å². The van der Waals surface area contributed by atoms with Gasteiger partial charge >= 0.3 is 18.2 Å². The molecule has 0 aliphatic carbocycles. The number of hydrazine groups is 1. The average molecular weight is 426 g/mol. The minimum absolute atomic E-state index is 0.0314. The van der Waals surface area contributed by atoms with E-state index in [1.807, 2.05) is 12.1 Å². The summed E-state index contributed by atoms with van der Waals surface area (Å²) in [5.74, 6) is -1.88. The van der Waals surface area contributed by atoms with Crippen molar-refractivity contribution < 1.29 is 29.0 Å². The Hall–Kier alpha value is -3.55. The average Bonchev–Trinajstić information content (AvgIpc) is 3.13. The molecule has 2 amide bonds. The summed E-state index contributed by atoms with van der Waals surface area (Å²) in [6.45, 7) is 5.00. The number of carbonyl (C=O) groups excluding carboxylic acids is 2. The molecule has 8 heteroatoms. The van der Waals surface area contributed by atoms with E-state index in [0.717, 1.165) is 15.6 Å². The number of carboxylic acid groups (broad SMARTS) is 1. The van der Waals surface area contributed by atoms with E-state index >= 15 is 0 Å². The lowest BCUT2D eigenvalue weighted by atomic mass is 9.93. The number of nitrogens with zero attached hydrogens (tertiary/aromatic N) is 2. The fraction of sp³-hybridized carbons (Fsp3) is 0.348. The third kappa shape index (κ3) is 5.33. The zero-order chi connectivity index (χ0) is 22.6. The van der Waals surface area contributed by atoms with Crippen LogP contribution in [0.1, 0.15) is 37.8 Å². The molecule has 1 unspecified atom stereocenters. The second-order valence-electron chi connectivity index (χ2n) is 8.25. The molecule has 0 bridgehead atoms. The molecule has 164 valence electrons. The van der Waals surface area contributed by atoms with Gasteiger partial charge in [-0.1, -0.05) is 60.7 Å². The zero-order valence-corrected chi connectivity index (χ0v) is 17.7. The summed E-state index contributed by atoms with van der Waals surface area (Å²) in [6.07, 6.45) is -1.74. The molecule has 0 radical (unpaired) electrons. The molecule has 1 N–H and O–H groups in total. The van der Waals surface area contributed by atoms with Crippen molar-refractivity contribution in [1.29, 1.82) is 0 Å². The summed E-state index contributed by atoms with van der Waals surface area (Å²) in [4.78, 5) is 38.0. The highest BCUT2D eigenvalue weighted by molar-refractivity contribution is 5.84. The maximum atomic E-state index is 13.0. The minimum atomic E-state index is -1.32. The summed E-state index contributed by atoms with van der Waals surface area (Å²) in [5.41, 5.74) is 0.618. The highest BCUT2D eigenvalue weighted by Crippen LogP contribution is 2.34. The molecular weight excluding hydrogens is 400 g/mol. The van der Waals surface area contributed by atoms with Crippen LogP contribution in [-0.2, 0) is 20.9 Å². The van der Waals surface area contributed by atoms with E-state index in [1.54, 1.807) is 69.3 Å². The summed E-state index contributed by atoms with van der Waals surface area (Å²) in [7, 11) is 0. The lowest BCUT2D eigenvalue weighted by Gasteiger charge is -2.31. The summed E-state index contributed by atoms with van der Waals surface area (Å²) >= 11 is 0. The number of aliphatic carboxylic acids is 1. The summed E-state index contributed by atoms with van der Waals surface area (Å²) in [5, 5.41) is 11.8. The summed E-state index contributed by atoms with van der Waals surface area (Å²) in [6, 6.07) is 16.6. The van der Waals surface area contributed by atoms with Crippen LogP contribution in [0.4, 0.5) is 9.59 Å². The molecule has 3 rings (SSSR count). The molecule has 2 aromatic carbocycles. The maximum absolute atomic E-state index is 13.0. The Balaban J connectivity index is 1.91. The number of hydrogen-bond acceptors (Lipinski definition) is 5. The van der Waals surface area contributed by atoms with Crippen molar-refractivity contribution in [3.8, 4) is 0 Å². The van der Waals surface area contributed by atoms with E-state index in [9.17, 15) is 19.5 Å². The van der Waals surface area contributed by atoms with E-state index in [2.05, 4.69) is 0 Å². The fourth-order valence-electron chi connectivity index (χ4n) is 3.43. The van der Waals surface area contributed by atoms with Crippen LogP contribution in [0.5, 0.6) is 0 Å². The van der Waals surface area contributed by atoms with Gasteiger partial charge in [0.15, 0.2) is 6.04 Å². The van der Waals surface area contributed by atoms with Crippen molar-refractivity contribution in [1.82, 2.24) is 10.0 Å². The Labute approximate surface area is 180 Å². The first-order chi connectivity index (χ1) is 14.7. The predicted octanol–water partition coefficient (Wildman–Crippen LogP) is 4.03. The third-order valence-corrected chi connectivity index (χ3v) is 4.75. The van der Waals surface area contributed by atoms with Gasteiger partial charge in [-0.25, -0.2) is 19.4 Å².